The molecule has 0 saturated carbocycles. The zero-order chi connectivity index (χ0) is 26.0. The first-order valence-corrected chi connectivity index (χ1v) is 13.7. The van der Waals surface area contributed by atoms with Gasteiger partial charge in [-0.15, -0.1) is 0 Å². The number of methoxy groups -OCH3 is 1. The Kier molecular flexibility index (Phi) is 10.5. The van der Waals surface area contributed by atoms with Crippen molar-refractivity contribution in [3.05, 3.63) is 77.4 Å². The highest BCUT2D eigenvalue weighted by Gasteiger charge is 2.47. The molecular weight excluding hydrogens is 484 g/mol. The molecule has 3 rings (SSSR count). The number of benzene rings is 2. The monoisotopic (exact) mass is 520 g/mol. The molecule has 3 atom stereocenters. The van der Waals surface area contributed by atoms with Crippen LogP contribution < -0.4 is 4.74 Å². The molecular formula is C27H36O8S. The molecule has 1 heterocycles. The van der Waals surface area contributed by atoms with E-state index in [0.29, 0.717) is 26.1 Å². The van der Waals surface area contributed by atoms with Gasteiger partial charge in [0.1, 0.15) is 17.5 Å². The topological polar surface area (TPSA) is 101 Å². The number of hydrogen-bond acceptors (Lipinski definition) is 8. The summed E-state index contributed by atoms with van der Waals surface area (Å²) in [6.45, 7) is 2.50. The van der Waals surface area contributed by atoms with Gasteiger partial charge in [0.05, 0.1) is 52.5 Å². The van der Waals surface area contributed by atoms with Gasteiger partial charge in [-0.3, -0.25) is 4.18 Å². The molecule has 0 spiro atoms. The second-order valence-electron chi connectivity index (χ2n) is 8.99. The van der Waals surface area contributed by atoms with Gasteiger partial charge in [0, 0.05) is 0 Å². The lowest BCUT2D eigenvalue weighted by Crippen LogP contribution is -2.55. The Balaban J connectivity index is 1.82. The lowest BCUT2D eigenvalue weighted by atomic mass is 9.89. The van der Waals surface area contributed by atoms with Crippen LogP contribution in [0.25, 0.3) is 0 Å². The minimum Gasteiger partial charge on any atom is -0.497 e. The Morgan fingerprint density at radius 2 is 1.81 bits per heavy atom. The highest BCUT2D eigenvalue weighted by atomic mass is 32.2. The first-order chi connectivity index (χ1) is 17.2. The highest BCUT2D eigenvalue weighted by Crippen LogP contribution is 2.35. The molecule has 0 aliphatic carbocycles. The third-order valence-corrected chi connectivity index (χ3v) is 6.82. The van der Waals surface area contributed by atoms with Crippen molar-refractivity contribution in [2.45, 2.75) is 50.8 Å². The second-order valence-corrected chi connectivity index (χ2v) is 10.6. The van der Waals surface area contributed by atoms with Crippen molar-refractivity contribution < 1.29 is 36.7 Å². The van der Waals surface area contributed by atoms with E-state index in [0.717, 1.165) is 28.7 Å². The average molecular weight is 521 g/mol. The first kappa shape index (κ1) is 28.3. The molecule has 1 aliphatic rings. The van der Waals surface area contributed by atoms with Crippen molar-refractivity contribution in [1.29, 1.82) is 0 Å². The van der Waals surface area contributed by atoms with Crippen LogP contribution in [-0.4, -0.2) is 64.5 Å². The van der Waals surface area contributed by atoms with Gasteiger partial charge < -0.3 is 24.1 Å². The maximum Gasteiger partial charge on any atom is 0.264 e. The van der Waals surface area contributed by atoms with E-state index >= 15 is 0 Å². The fraction of sp³-hybridized carbons (Fsp3) is 0.481. The molecule has 2 aromatic rings. The average Bonchev–Trinajstić information content (AvgIpc) is 3.02. The SMILES string of the molecule is COc1ccc(CO[C@@H]2CC/C(=C/CO)CO[C@@]2(C)[C@H](COCc2ccccc2)OS(C)(=O)=O)cc1. The van der Waals surface area contributed by atoms with Gasteiger partial charge in [-0.2, -0.15) is 8.42 Å². The van der Waals surface area contributed by atoms with Crippen LogP contribution >= 0.6 is 0 Å². The maximum absolute atomic E-state index is 12.2. The fourth-order valence-corrected chi connectivity index (χ4v) is 4.80. The number of aliphatic hydroxyl groups excluding tert-OH is 1. The molecule has 0 aromatic heterocycles. The van der Waals surface area contributed by atoms with Gasteiger partial charge in [0.15, 0.2) is 0 Å². The summed E-state index contributed by atoms with van der Waals surface area (Å²) in [5.41, 5.74) is 1.68. The molecule has 1 fully saturated rings. The minimum atomic E-state index is -3.82. The van der Waals surface area contributed by atoms with Gasteiger partial charge in [-0.25, -0.2) is 0 Å². The van der Waals surface area contributed by atoms with Crippen LogP contribution in [-0.2, 0) is 41.7 Å². The van der Waals surface area contributed by atoms with Crippen LogP contribution in [0.15, 0.2) is 66.2 Å². The standard InChI is InChI=1S/C27H36O8S/c1-27(26(35-36(3,29)30)20-32-17-21-7-5-4-6-8-21)25(14-11-23(15-16-28)19-34-27)33-18-22-9-12-24(31-2)13-10-22/h4-10,12-13,15,25-26,28H,11,14,16-20H2,1-3H3/b23-15-/t25-,26+,27-/m1/s1. The second kappa shape index (κ2) is 13.3. The Bertz CT molecular complexity index is 1070. The summed E-state index contributed by atoms with van der Waals surface area (Å²) in [5, 5.41) is 9.39. The largest absolute Gasteiger partial charge is 0.497 e. The Labute approximate surface area is 213 Å². The van der Waals surface area contributed by atoms with Crippen molar-refractivity contribution in [3.63, 3.8) is 0 Å². The molecule has 9 heteroatoms. The van der Waals surface area contributed by atoms with Crippen LogP contribution in [0.1, 0.15) is 30.9 Å². The van der Waals surface area contributed by atoms with Crippen LogP contribution in [0.4, 0.5) is 0 Å². The predicted octanol–water partition coefficient (Wildman–Crippen LogP) is 3.63. The van der Waals surface area contributed by atoms with Gasteiger partial charge in [-0.05, 0) is 48.6 Å². The van der Waals surface area contributed by atoms with E-state index in [1.54, 1.807) is 20.1 Å². The zero-order valence-electron chi connectivity index (χ0n) is 21.1. The van der Waals surface area contributed by atoms with Crippen LogP contribution in [0, 0.1) is 0 Å². The molecule has 8 nitrogen and oxygen atoms in total. The molecule has 2 aromatic carbocycles. The van der Waals surface area contributed by atoms with E-state index in [-0.39, 0.29) is 19.8 Å². The van der Waals surface area contributed by atoms with Crippen LogP contribution in [0.2, 0.25) is 0 Å². The number of hydrogen-bond donors (Lipinski definition) is 1. The quantitative estimate of drug-likeness (QED) is 0.335. The van der Waals surface area contributed by atoms with E-state index in [1.165, 1.54) is 0 Å². The van der Waals surface area contributed by atoms with Gasteiger partial charge in [0.2, 0.25) is 0 Å². The first-order valence-electron chi connectivity index (χ1n) is 11.9. The lowest BCUT2D eigenvalue weighted by Gasteiger charge is -2.41. The Hall–Kier alpha value is -2.27. The Morgan fingerprint density at radius 3 is 2.44 bits per heavy atom. The fourth-order valence-electron chi connectivity index (χ4n) is 4.13. The number of rotatable bonds is 12. The summed E-state index contributed by atoms with van der Waals surface area (Å²) in [4.78, 5) is 0. The minimum absolute atomic E-state index is 0.0140. The van der Waals surface area contributed by atoms with Crippen molar-refractivity contribution in [3.8, 4) is 5.75 Å². The van der Waals surface area contributed by atoms with Crippen LogP contribution in [0.5, 0.6) is 5.75 Å². The van der Waals surface area contributed by atoms with Crippen molar-refractivity contribution in [2.24, 2.45) is 0 Å². The summed E-state index contributed by atoms with van der Waals surface area (Å²) in [5.74, 6) is 0.748. The van der Waals surface area contributed by atoms with Gasteiger partial charge in [-0.1, -0.05) is 48.5 Å². The van der Waals surface area contributed by atoms with E-state index in [1.807, 2.05) is 54.6 Å². The molecule has 0 radical (unpaired) electrons. The summed E-state index contributed by atoms with van der Waals surface area (Å²) >= 11 is 0. The van der Waals surface area contributed by atoms with Gasteiger partial charge in [0.25, 0.3) is 10.1 Å². The van der Waals surface area contributed by atoms with E-state index in [2.05, 4.69) is 0 Å². The third-order valence-electron chi connectivity index (χ3n) is 6.24. The molecule has 0 bridgehead atoms. The summed E-state index contributed by atoms with van der Waals surface area (Å²) in [6, 6.07) is 17.2. The maximum atomic E-state index is 12.2. The number of aliphatic hydroxyl groups is 1. The van der Waals surface area contributed by atoms with Crippen molar-refractivity contribution >= 4 is 10.1 Å². The Morgan fingerprint density at radius 1 is 1.11 bits per heavy atom. The smallest absolute Gasteiger partial charge is 0.264 e. The lowest BCUT2D eigenvalue weighted by molar-refractivity contribution is -0.186. The van der Waals surface area contributed by atoms with Crippen LogP contribution in [0.3, 0.4) is 0 Å². The van der Waals surface area contributed by atoms with E-state index in [9.17, 15) is 13.5 Å². The molecule has 1 saturated heterocycles. The summed E-state index contributed by atoms with van der Waals surface area (Å²) in [7, 11) is -2.21. The molecule has 36 heavy (non-hydrogen) atoms. The normalized spacial score (nSPS) is 22.8. The number of ether oxygens (including phenoxy) is 4. The van der Waals surface area contributed by atoms with E-state index in [4.69, 9.17) is 23.1 Å². The van der Waals surface area contributed by atoms with Gasteiger partial charge >= 0.3 is 0 Å². The predicted molar refractivity (Wildman–Crippen MR) is 136 cm³/mol. The summed E-state index contributed by atoms with van der Waals surface area (Å²) in [6.07, 6.45) is 2.47. The molecule has 198 valence electrons. The summed E-state index contributed by atoms with van der Waals surface area (Å²) < 4.78 is 53.8. The van der Waals surface area contributed by atoms with E-state index < -0.39 is 27.9 Å². The molecule has 0 unspecified atom stereocenters. The third kappa shape index (κ3) is 8.40. The van der Waals surface area contributed by atoms with Crippen molar-refractivity contribution in [2.75, 3.05) is 33.2 Å². The highest BCUT2D eigenvalue weighted by molar-refractivity contribution is 7.86. The van der Waals surface area contributed by atoms with Crippen molar-refractivity contribution in [1.82, 2.24) is 0 Å². The molecule has 0 amide bonds. The molecule has 1 aliphatic heterocycles. The zero-order valence-corrected chi connectivity index (χ0v) is 21.9. The molecule has 1 N–H and O–H groups in total.